The highest BCUT2D eigenvalue weighted by Gasteiger charge is 2.13. The van der Waals surface area contributed by atoms with Crippen LogP contribution in [0.2, 0.25) is 5.02 Å². The fourth-order valence-electron chi connectivity index (χ4n) is 2.00. The first-order valence-corrected chi connectivity index (χ1v) is 7.63. The Morgan fingerprint density at radius 2 is 1.83 bits per heavy atom. The number of halogens is 1. The van der Waals surface area contributed by atoms with Crippen molar-refractivity contribution < 1.29 is 19.1 Å². The minimum atomic E-state index is -0.698. The molecule has 2 rings (SSSR count). The van der Waals surface area contributed by atoms with Gasteiger partial charge in [-0.2, -0.15) is 0 Å². The predicted molar refractivity (Wildman–Crippen MR) is 90.3 cm³/mol. The van der Waals surface area contributed by atoms with E-state index in [1.165, 1.54) is 0 Å². The van der Waals surface area contributed by atoms with Crippen LogP contribution < -0.4 is 5.32 Å². The van der Waals surface area contributed by atoms with Crippen molar-refractivity contribution in [2.45, 2.75) is 6.92 Å². The van der Waals surface area contributed by atoms with Gasteiger partial charge in [-0.05, 0) is 31.2 Å². The van der Waals surface area contributed by atoms with Gasteiger partial charge in [0.15, 0.2) is 6.61 Å². The number of rotatable bonds is 6. The van der Waals surface area contributed by atoms with Gasteiger partial charge >= 0.3 is 5.97 Å². The molecule has 0 aliphatic carbocycles. The molecule has 0 bridgehead atoms. The van der Waals surface area contributed by atoms with E-state index < -0.39 is 18.4 Å². The average Bonchev–Trinajstić information content (AvgIpc) is 2.58. The molecule has 0 aliphatic rings. The maximum atomic E-state index is 11.9. The average molecular weight is 346 g/mol. The lowest BCUT2D eigenvalue weighted by atomic mass is 10.1. The molecular weight excluding hydrogens is 330 g/mol. The van der Waals surface area contributed by atoms with Crippen LogP contribution in [0.3, 0.4) is 0 Å². The number of ether oxygens (including phenoxy) is 1. The molecule has 0 heterocycles. The summed E-state index contributed by atoms with van der Waals surface area (Å²) in [5.41, 5.74) is 1.68. The van der Waals surface area contributed by atoms with E-state index in [1.807, 2.05) is 13.0 Å². The van der Waals surface area contributed by atoms with Crippen LogP contribution in [-0.2, 0) is 9.53 Å². The van der Waals surface area contributed by atoms with Crippen molar-refractivity contribution in [2.24, 2.45) is 0 Å². The van der Waals surface area contributed by atoms with E-state index in [-0.39, 0.29) is 18.0 Å². The molecule has 0 unspecified atom stereocenters. The molecule has 0 aliphatic heterocycles. The number of hydrogen-bond acceptors (Lipinski definition) is 4. The molecule has 5 nitrogen and oxygen atoms in total. The van der Waals surface area contributed by atoms with Crippen molar-refractivity contribution in [2.75, 3.05) is 13.2 Å². The van der Waals surface area contributed by atoms with Crippen LogP contribution in [-0.4, -0.2) is 30.8 Å². The van der Waals surface area contributed by atoms with Crippen LogP contribution in [0, 0.1) is 6.92 Å². The quantitative estimate of drug-likeness (QED) is 0.645. The Balaban J connectivity index is 1.80. The third kappa shape index (κ3) is 4.93. The standard InChI is InChI=1S/C18H16ClNO4/c1-12-5-4-6-13(9-12)18(23)20-10-17(22)24-11-16(21)14-7-2-3-8-15(14)19/h2-9H,10-11H2,1H3,(H,20,23). The Kier molecular flexibility index (Phi) is 6.09. The summed E-state index contributed by atoms with van der Waals surface area (Å²) < 4.78 is 4.86. The Labute approximate surface area is 144 Å². The Morgan fingerprint density at radius 3 is 2.54 bits per heavy atom. The maximum absolute atomic E-state index is 11.9. The Hall–Kier alpha value is -2.66. The number of hydrogen-bond donors (Lipinski definition) is 1. The van der Waals surface area contributed by atoms with E-state index >= 15 is 0 Å². The number of carbonyl (C=O) groups excluding carboxylic acids is 3. The zero-order valence-electron chi connectivity index (χ0n) is 13.0. The van der Waals surface area contributed by atoms with Gasteiger partial charge in [-0.25, -0.2) is 0 Å². The minimum absolute atomic E-state index is 0.288. The Morgan fingerprint density at radius 1 is 1.08 bits per heavy atom. The highest BCUT2D eigenvalue weighted by molar-refractivity contribution is 6.34. The van der Waals surface area contributed by atoms with Crippen LogP contribution in [0.5, 0.6) is 0 Å². The van der Waals surface area contributed by atoms with Gasteiger partial charge in [-0.15, -0.1) is 0 Å². The van der Waals surface area contributed by atoms with Crippen molar-refractivity contribution >= 4 is 29.3 Å². The molecule has 0 fully saturated rings. The summed E-state index contributed by atoms with van der Waals surface area (Å²) in [5, 5.41) is 2.75. The molecule has 0 radical (unpaired) electrons. The van der Waals surface area contributed by atoms with E-state index in [0.717, 1.165) is 5.56 Å². The SMILES string of the molecule is Cc1cccc(C(=O)NCC(=O)OCC(=O)c2ccccc2Cl)c1. The van der Waals surface area contributed by atoms with Gasteiger partial charge in [-0.3, -0.25) is 14.4 Å². The molecule has 0 saturated heterocycles. The highest BCUT2D eigenvalue weighted by Crippen LogP contribution is 2.15. The van der Waals surface area contributed by atoms with Gasteiger partial charge in [0.05, 0.1) is 5.02 Å². The molecule has 1 N–H and O–H groups in total. The lowest BCUT2D eigenvalue weighted by Crippen LogP contribution is -2.31. The normalized spacial score (nSPS) is 10.1. The number of aryl methyl sites for hydroxylation is 1. The van der Waals surface area contributed by atoms with E-state index in [2.05, 4.69) is 5.32 Å². The van der Waals surface area contributed by atoms with Crippen molar-refractivity contribution in [3.63, 3.8) is 0 Å². The van der Waals surface area contributed by atoms with Crippen molar-refractivity contribution in [1.82, 2.24) is 5.32 Å². The zero-order chi connectivity index (χ0) is 17.5. The molecule has 24 heavy (non-hydrogen) atoms. The van der Waals surface area contributed by atoms with Crippen LogP contribution in [0.15, 0.2) is 48.5 Å². The largest absolute Gasteiger partial charge is 0.456 e. The molecule has 124 valence electrons. The van der Waals surface area contributed by atoms with Gasteiger partial charge in [0.1, 0.15) is 6.54 Å². The molecule has 1 amide bonds. The van der Waals surface area contributed by atoms with E-state index in [4.69, 9.17) is 16.3 Å². The van der Waals surface area contributed by atoms with Gasteiger partial charge < -0.3 is 10.1 Å². The van der Waals surface area contributed by atoms with Crippen LogP contribution in [0.4, 0.5) is 0 Å². The third-order valence-electron chi connectivity index (χ3n) is 3.21. The molecule has 2 aromatic carbocycles. The second-order valence-corrected chi connectivity index (χ2v) is 5.52. The second kappa shape index (κ2) is 8.26. The van der Waals surface area contributed by atoms with E-state index in [9.17, 15) is 14.4 Å². The number of ketones is 1. The molecule has 0 saturated carbocycles. The number of nitrogens with one attached hydrogen (secondary N) is 1. The Bertz CT molecular complexity index is 773. The second-order valence-electron chi connectivity index (χ2n) is 5.12. The summed E-state index contributed by atoms with van der Waals surface area (Å²) in [5.74, 6) is -1.48. The number of benzene rings is 2. The van der Waals surface area contributed by atoms with Crippen LogP contribution >= 0.6 is 11.6 Å². The smallest absolute Gasteiger partial charge is 0.325 e. The zero-order valence-corrected chi connectivity index (χ0v) is 13.8. The van der Waals surface area contributed by atoms with Crippen LogP contribution in [0.25, 0.3) is 0 Å². The summed E-state index contributed by atoms with van der Waals surface area (Å²) in [7, 11) is 0. The van der Waals surface area contributed by atoms with Crippen molar-refractivity contribution in [1.29, 1.82) is 0 Å². The van der Waals surface area contributed by atoms with Gasteiger partial charge in [0.25, 0.3) is 5.91 Å². The molecular formula is C18H16ClNO4. The van der Waals surface area contributed by atoms with Gasteiger partial charge in [-0.1, -0.05) is 41.4 Å². The molecule has 0 spiro atoms. The fourth-order valence-corrected chi connectivity index (χ4v) is 2.24. The van der Waals surface area contributed by atoms with Crippen LogP contribution in [0.1, 0.15) is 26.3 Å². The van der Waals surface area contributed by atoms with Crippen molar-refractivity contribution in [3.8, 4) is 0 Å². The minimum Gasteiger partial charge on any atom is -0.456 e. The number of Topliss-reactive ketones (excluding diaryl/α,β-unsaturated/α-hetero) is 1. The maximum Gasteiger partial charge on any atom is 0.325 e. The lowest BCUT2D eigenvalue weighted by Gasteiger charge is -2.07. The summed E-state index contributed by atoms with van der Waals surface area (Å²) in [4.78, 5) is 35.5. The molecule has 2 aromatic rings. The molecule has 0 atom stereocenters. The molecule has 6 heteroatoms. The summed E-state index contributed by atoms with van der Waals surface area (Å²) in [6, 6.07) is 13.5. The predicted octanol–water partition coefficient (Wildman–Crippen LogP) is 2.80. The number of carbonyl (C=O) groups is 3. The summed E-state index contributed by atoms with van der Waals surface area (Å²) >= 11 is 5.90. The summed E-state index contributed by atoms with van der Waals surface area (Å²) in [6.45, 7) is 1.12. The van der Waals surface area contributed by atoms with Gasteiger partial charge in [0.2, 0.25) is 5.78 Å². The van der Waals surface area contributed by atoms with Crippen molar-refractivity contribution in [3.05, 3.63) is 70.2 Å². The van der Waals surface area contributed by atoms with E-state index in [0.29, 0.717) is 10.6 Å². The highest BCUT2D eigenvalue weighted by atomic mass is 35.5. The number of esters is 1. The first-order valence-electron chi connectivity index (χ1n) is 7.25. The first kappa shape index (κ1) is 17.7. The summed E-state index contributed by atoms with van der Waals surface area (Å²) in [6.07, 6.45) is 0. The fraction of sp³-hybridized carbons (Fsp3) is 0.167. The van der Waals surface area contributed by atoms with E-state index in [1.54, 1.807) is 42.5 Å². The lowest BCUT2D eigenvalue weighted by molar-refractivity contribution is -0.141. The topological polar surface area (TPSA) is 72.5 Å². The molecule has 0 aromatic heterocycles. The monoisotopic (exact) mass is 345 g/mol. The number of amides is 1. The van der Waals surface area contributed by atoms with Gasteiger partial charge in [0, 0.05) is 11.1 Å². The third-order valence-corrected chi connectivity index (χ3v) is 3.54. The first-order chi connectivity index (χ1) is 11.5.